The summed E-state index contributed by atoms with van der Waals surface area (Å²) in [6.07, 6.45) is 2.40. The summed E-state index contributed by atoms with van der Waals surface area (Å²) in [5.41, 5.74) is 2.59. The number of benzene rings is 1. The van der Waals surface area contributed by atoms with Crippen LogP contribution < -0.4 is 5.32 Å². The Labute approximate surface area is 118 Å². The van der Waals surface area contributed by atoms with Crippen molar-refractivity contribution in [1.82, 2.24) is 9.88 Å². The lowest BCUT2D eigenvalue weighted by atomic mass is 10.2. The molecule has 2 heterocycles. The number of amidine groups is 1. The molecule has 3 nitrogen and oxygen atoms in total. The first-order valence-corrected chi connectivity index (χ1v) is 7.59. The normalized spacial score (nSPS) is 16.0. The average Bonchev–Trinajstić information content (AvgIpc) is 2.65. The largest absolute Gasteiger partial charge is 0.365 e. The molecule has 0 unspecified atom stereocenters. The summed E-state index contributed by atoms with van der Waals surface area (Å²) in [5.74, 6) is 0. The minimum atomic E-state index is 0.944. The Balaban J connectivity index is 2.00. The fourth-order valence-corrected chi connectivity index (χ4v) is 3.54. The molecule has 0 radical (unpaired) electrons. The Morgan fingerprint density at radius 1 is 1.26 bits per heavy atom. The van der Waals surface area contributed by atoms with E-state index in [2.05, 4.69) is 53.1 Å². The predicted octanol–water partition coefficient (Wildman–Crippen LogP) is 3.32. The zero-order chi connectivity index (χ0) is 13.2. The fourth-order valence-electron chi connectivity index (χ4n) is 2.45. The van der Waals surface area contributed by atoms with E-state index in [1.54, 1.807) is 11.8 Å². The molecule has 0 saturated heterocycles. The van der Waals surface area contributed by atoms with Crippen molar-refractivity contribution in [1.29, 1.82) is 0 Å². The van der Waals surface area contributed by atoms with Gasteiger partial charge in [-0.2, -0.15) is 0 Å². The SMILES string of the molecule is Cc1c(SC2=NCCCCN2)c2ccccc2n1C. The third kappa shape index (κ3) is 2.37. The monoisotopic (exact) mass is 273 g/mol. The molecule has 1 aliphatic heterocycles. The van der Waals surface area contributed by atoms with Gasteiger partial charge in [-0.05, 0) is 25.8 Å². The fraction of sp³-hybridized carbons (Fsp3) is 0.400. The molecule has 0 saturated carbocycles. The van der Waals surface area contributed by atoms with Gasteiger partial charge < -0.3 is 9.88 Å². The highest BCUT2D eigenvalue weighted by Gasteiger charge is 2.15. The topological polar surface area (TPSA) is 29.3 Å². The van der Waals surface area contributed by atoms with Gasteiger partial charge in [-0.15, -0.1) is 0 Å². The van der Waals surface area contributed by atoms with Gasteiger partial charge in [0.05, 0.1) is 0 Å². The Morgan fingerprint density at radius 3 is 3.00 bits per heavy atom. The highest BCUT2D eigenvalue weighted by molar-refractivity contribution is 8.14. The number of aryl methyl sites for hydroxylation is 1. The highest BCUT2D eigenvalue weighted by Crippen LogP contribution is 2.33. The standard InChI is InChI=1S/C15H19N3S/c1-11-14(19-15-16-9-5-6-10-17-15)12-7-3-4-8-13(12)18(11)2/h3-4,7-8H,5-6,9-10H2,1-2H3,(H,16,17). The quantitative estimate of drug-likeness (QED) is 0.863. The second kappa shape index (κ2) is 5.29. The Bertz CT molecular complexity index is 628. The summed E-state index contributed by atoms with van der Waals surface area (Å²) in [4.78, 5) is 5.96. The molecule has 100 valence electrons. The number of para-hydroxylation sites is 1. The van der Waals surface area contributed by atoms with Crippen LogP contribution in [0.2, 0.25) is 0 Å². The lowest BCUT2D eigenvalue weighted by molar-refractivity contribution is 0.750. The van der Waals surface area contributed by atoms with Gasteiger partial charge in [-0.25, -0.2) is 0 Å². The van der Waals surface area contributed by atoms with E-state index in [4.69, 9.17) is 0 Å². The molecular weight excluding hydrogens is 254 g/mol. The molecular formula is C15H19N3S. The van der Waals surface area contributed by atoms with E-state index in [-0.39, 0.29) is 0 Å². The van der Waals surface area contributed by atoms with Crippen LogP contribution in [0.15, 0.2) is 34.2 Å². The van der Waals surface area contributed by atoms with Gasteiger partial charge in [0.25, 0.3) is 0 Å². The number of thioether (sulfide) groups is 1. The summed E-state index contributed by atoms with van der Waals surface area (Å²) < 4.78 is 2.26. The first-order chi connectivity index (χ1) is 9.27. The van der Waals surface area contributed by atoms with E-state index in [9.17, 15) is 0 Å². The van der Waals surface area contributed by atoms with Crippen LogP contribution >= 0.6 is 11.8 Å². The summed E-state index contributed by atoms with van der Waals surface area (Å²) >= 11 is 1.77. The van der Waals surface area contributed by atoms with Crippen LogP contribution in [0.5, 0.6) is 0 Å². The molecule has 0 atom stereocenters. The molecule has 0 amide bonds. The first kappa shape index (κ1) is 12.6. The van der Waals surface area contributed by atoms with Crippen LogP contribution in [0, 0.1) is 6.92 Å². The van der Waals surface area contributed by atoms with Gasteiger partial charge in [0.2, 0.25) is 0 Å². The molecule has 1 aliphatic rings. The van der Waals surface area contributed by atoms with E-state index >= 15 is 0 Å². The van der Waals surface area contributed by atoms with Gasteiger partial charge in [0, 0.05) is 41.6 Å². The van der Waals surface area contributed by atoms with Crippen LogP contribution in [0.1, 0.15) is 18.5 Å². The van der Waals surface area contributed by atoms with Crippen LogP contribution in [0.4, 0.5) is 0 Å². The summed E-state index contributed by atoms with van der Waals surface area (Å²) in [6.45, 7) is 4.16. The molecule has 0 aliphatic carbocycles. The third-order valence-corrected chi connectivity index (χ3v) is 4.84. The summed E-state index contributed by atoms with van der Waals surface area (Å²) in [7, 11) is 2.13. The second-order valence-corrected chi connectivity index (χ2v) is 5.91. The van der Waals surface area contributed by atoms with Crippen molar-refractivity contribution in [2.75, 3.05) is 13.1 Å². The zero-order valence-corrected chi connectivity index (χ0v) is 12.3. The smallest absolute Gasteiger partial charge is 0.161 e. The Kier molecular flexibility index (Phi) is 3.51. The number of hydrogen-bond acceptors (Lipinski definition) is 3. The maximum absolute atomic E-state index is 4.63. The van der Waals surface area contributed by atoms with Gasteiger partial charge in [-0.1, -0.05) is 30.0 Å². The molecule has 0 fully saturated rings. The van der Waals surface area contributed by atoms with E-state index in [0.29, 0.717) is 0 Å². The van der Waals surface area contributed by atoms with Crippen LogP contribution in [0.25, 0.3) is 10.9 Å². The van der Waals surface area contributed by atoms with Crippen molar-refractivity contribution in [3.05, 3.63) is 30.0 Å². The average molecular weight is 273 g/mol. The Hall–Kier alpha value is -1.42. The minimum absolute atomic E-state index is 0.944. The number of rotatable bonds is 1. The first-order valence-electron chi connectivity index (χ1n) is 6.77. The number of fused-ring (bicyclic) bond motifs is 1. The van der Waals surface area contributed by atoms with E-state index in [0.717, 1.165) is 18.3 Å². The number of nitrogens with zero attached hydrogens (tertiary/aromatic N) is 2. The summed E-state index contributed by atoms with van der Waals surface area (Å²) in [5, 5.41) is 5.82. The van der Waals surface area contributed by atoms with Crippen molar-refractivity contribution in [3.8, 4) is 0 Å². The Morgan fingerprint density at radius 2 is 2.11 bits per heavy atom. The van der Waals surface area contributed by atoms with Gasteiger partial charge in [0.1, 0.15) is 0 Å². The van der Waals surface area contributed by atoms with Gasteiger partial charge >= 0.3 is 0 Å². The lowest BCUT2D eigenvalue weighted by Gasteiger charge is -2.06. The highest BCUT2D eigenvalue weighted by atomic mass is 32.2. The summed E-state index contributed by atoms with van der Waals surface area (Å²) in [6, 6.07) is 8.57. The van der Waals surface area contributed by atoms with Gasteiger partial charge in [0.15, 0.2) is 5.17 Å². The molecule has 1 aromatic carbocycles. The van der Waals surface area contributed by atoms with Crippen LogP contribution in [-0.2, 0) is 7.05 Å². The molecule has 19 heavy (non-hydrogen) atoms. The van der Waals surface area contributed by atoms with Crippen molar-refractivity contribution in [2.24, 2.45) is 12.0 Å². The molecule has 0 spiro atoms. The van der Waals surface area contributed by atoms with E-state index in [1.165, 1.54) is 34.3 Å². The van der Waals surface area contributed by atoms with E-state index in [1.807, 2.05) is 0 Å². The number of nitrogens with one attached hydrogen (secondary N) is 1. The van der Waals surface area contributed by atoms with E-state index < -0.39 is 0 Å². The minimum Gasteiger partial charge on any atom is -0.365 e. The second-order valence-electron chi connectivity index (χ2n) is 4.91. The van der Waals surface area contributed by atoms with Crippen LogP contribution in [0.3, 0.4) is 0 Å². The van der Waals surface area contributed by atoms with Crippen LogP contribution in [-0.4, -0.2) is 22.8 Å². The molecule has 1 N–H and O–H groups in total. The maximum Gasteiger partial charge on any atom is 0.161 e. The molecule has 1 aromatic heterocycles. The molecule has 4 heteroatoms. The number of aromatic nitrogens is 1. The van der Waals surface area contributed by atoms with Crippen molar-refractivity contribution < 1.29 is 0 Å². The molecule has 0 bridgehead atoms. The van der Waals surface area contributed by atoms with Gasteiger partial charge in [-0.3, -0.25) is 4.99 Å². The van der Waals surface area contributed by atoms with Crippen molar-refractivity contribution in [2.45, 2.75) is 24.7 Å². The number of aliphatic imine (C=N–C) groups is 1. The predicted molar refractivity (Wildman–Crippen MR) is 83.1 cm³/mol. The maximum atomic E-state index is 4.63. The zero-order valence-electron chi connectivity index (χ0n) is 11.4. The molecule has 2 aromatic rings. The van der Waals surface area contributed by atoms with Crippen molar-refractivity contribution in [3.63, 3.8) is 0 Å². The van der Waals surface area contributed by atoms with Crippen molar-refractivity contribution >= 4 is 27.8 Å². The number of hydrogen-bond donors (Lipinski definition) is 1. The lowest BCUT2D eigenvalue weighted by Crippen LogP contribution is -2.19. The molecule has 3 rings (SSSR count). The third-order valence-electron chi connectivity index (χ3n) is 3.66.